The summed E-state index contributed by atoms with van der Waals surface area (Å²) in [4.78, 5) is 11.1. The molecule has 0 fully saturated rings. The fraction of sp³-hybridized carbons (Fsp3) is 0.500. The molecular formula is C14H19NO2. The van der Waals surface area contributed by atoms with Gasteiger partial charge in [-0.25, -0.2) is 0 Å². The molecule has 2 N–H and O–H groups in total. The maximum atomic E-state index is 11.1. The topological polar surface area (TPSA) is 49.3 Å². The summed E-state index contributed by atoms with van der Waals surface area (Å²) in [5, 5.41) is 12.5. The van der Waals surface area contributed by atoms with Gasteiger partial charge in [0.15, 0.2) is 0 Å². The van der Waals surface area contributed by atoms with E-state index in [1.54, 1.807) is 13.8 Å². The number of carbonyl (C=O) groups is 1. The summed E-state index contributed by atoms with van der Waals surface area (Å²) < 4.78 is 0. The first-order valence-corrected chi connectivity index (χ1v) is 6.08. The fourth-order valence-electron chi connectivity index (χ4n) is 2.22. The Labute approximate surface area is 102 Å². The summed E-state index contributed by atoms with van der Waals surface area (Å²) in [5.74, 6) is -0.742. The van der Waals surface area contributed by atoms with Gasteiger partial charge in [0.05, 0.1) is 5.41 Å². The Morgan fingerprint density at radius 2 is 2.24 bits per heavy atom. The Morgan fingerprint density at radius 3 is 2.94 bits per heavy atom. The molecule has 3 heteroatoms. The second kappa shape index (κ2) is 4.40. The zero-order valence-electron chi connectivity index (χ0n) is 10.4. The molecule has 0 bridgehead atoms. The molecule has 3 nitrogen and oxygen atoms in total. The van der Waals surface area contributed by atoms with Crippen LogP contribution in [0.5, 0.6) is 0 Å². The van der Waals surface area contributed by atoms with Crippen molar-refractivity contribution in [1.29, 1.82) is 0 Å². The second-order valence-electron chi connectivity index (χ2n) is 5.39. The Morgan fingerprint density at radius 1 is 1.47 bits per heavy atom. The number of hydrogen-bond acceptors (Lipinski definition) is 2. The van der Waals surface area contributed by atoms with E-state index in [-0.39, 0.29) is 0 Å². The highest BCUT2D eigenvalue weighted by Crippen LogP contribution is 2.27. The van der Waals surface area contributed by atoms with E-state index in [0.29, 0.717) is 6.42 Å². The number of carboxylic acids is 1. The number of aliphatic carboxylic acids is 1. The van der Waals surface area contributed by atoms with E-state index in [1.807, 2.05) is 6.07 Å². The summed E-state index contributed by atoms with van der Waals surface area (Å²) in [6.45, 7) is 4.58. The Kier molecular flexibility index (Phi) is 3.09. The molecule has 2 rings (SSSR count). The van der Waals surface area contributed by atoms with Gasteiger partial charge in [0.2, 0.25) is 0 Å². The largest absolute Gasteiger partial charge is 0.481 e. The number of hydrogen-bond donors (Lipinski definition) is 2. The van der Waals surface area contributed by atoms with Crippen LogP contribution < -0.4 is 5.32 Å². The number of fused-ring (bicyclic) bond motifs is 1. The van der Waals surface area contributed by atoms with Crippen LogP contribution in [-0.4, -0.2) is 17.6 Å². The molecule has 0 radical (unpaired) electrons. The number of aryl methyl sites for hydroxylation is 1. The average Bonchev–Trinajstić information content (AvgIpc) is 2.28. The van der Waals surface area contributed by atoms with Gasteiger partial charge in [-0.3, -0.25) is 4.79 Å². The molecule has 17 heavy (non-hydrogen) atoms. The standard InChI is InChI=1S/C14H19NO2/c1-14(2,13(16)17)9-10-5-6-12-11(8-10)4-3-7-15-12/h5-6,8,15H,3-4,7,9H2,1-2H3,(H,16,17). The summed E-state index contributed by atoms with van der Waals surface area (Å²) in [6.07, 6.45) is 2.82. The van der Waals surface area contributed by atoms with Crippen LogP contribution in [-0.2, 0) is 17.6 Å². The highest BCUT2D eigenvalue weighted by Gasteiger charge is 2.27. The molecule has 0 unspecified atom stereocenters. The van der Waals surface area contributed by atoms with Crippen molar-refractivity contribution in [2.45, 2.75) is 33.1 Å². The predicted molar refractivity (Wildman–Crippen MR) is 68.4 cm³/mol. The van der Waals surface area contributed by atoms with Crippen molar-refractivity contribution in [3.8, 4) is 0 Å². The normalized spacial score (nSPS) is 14.9. The van der Waals surface area contributed by atoms with Gasteiger partial charge in [0.1, 0.15) is 0 Å². The number of benzene rings is 1. The third kappa shape index (κ3) is 2.60. The van der Waals surface area contributed by atoms with Gasteiger partial charge in [-0.15, -0.1) is 0 Å². The molecule has 0 spiro atoms. The lowest BCUT2D eigenvalue weighted by atomic mass is 9.85. The van der Waals surface area contributed by atoms with Gasteiger partial charge in [-0.1, -0.05) is 12.1 Å². The van der Waals surface area contributed by atoms with Crippen LogP contribution in [0.3, 0.4) is 0 Å². The van der Waals surface area contributed by atoms with Crippen molar-refractivity contribution in [1.82, 2.24) is 0 Å². The van der Waals surface area contributed by atoms with Crippen LogP contribution in [0, 0.1) is 5.41 Å². The maximum Gasteiger partial charge on any atom is 0.309 e. The first kappa shape index (κ1) is 12.0. The number of carboxylic acid groups (broad SMARTS) is 1. The highest BCUT2D eigenvalue weighted by molar-refractivity contribution is 5.74. The summed E-state index contributed by atoms with van der Waals surface area (Å²) >= 11 is 0. The molecule has 0 amide bonds. The molecule has 0 atom stereocenters. The van der Waals surface area contributed by atoms with Crippen LogP contribution in [0.1, 0.15) is 31.4 Å². The zero-order valence-corrected chi connectivity index (χ0v) is 10.4. The van der Waals surface area contributed by atoms with Crippen LogP contribution >= 0.6 is 0 Å². The summed E-state index contributed by atoms with van der Waals surface area (Å²) in [6, 6.07) is 6.25. The monoisotopic (exact) mass is 233 g/mol. The molecule has 1 aliphatic rings. The molecule has 1 aromatic rings. The van der Waals surface area contributed by atoms with E-state index >= 15 is 0 Å². The first-order chi connectivity index (χ1) is 7.99. The van der Waals surface area contributed by atoms with E-state index in [1.165, 1.54) is 11.3 Å². The number of nitrogens with one attached hydrogen (secondary N) is 1. The lowest BCUT2D eigenvalue weighted by molar-refractivity contribution is -0.146. The molecule has 0 aromatic heterocycles. The predicted octanol–water partition coefficient (Wildman–Crippen LogP) is 2.70. The van der Waals surface area contributed by atoms with Gasteiger partial charge in [-0.05, 0) is 50.3 Å². The lowest BCUT2D eigenvalue weighted by Crippen LogP contribution is -2.26. The lowest BCUT2D eigenvalue weighted by Gasteiger charge is -2.22. The smallest absolute Gasteiger partial charge is 0.309 e. The Bertz CT molecular complexity index is 438. The van der Waals surface area contributed by atoms with Crippen molar-refractivity contribution in [3.05, 3.63) is 29.3 Å². The van der Waals surface area contributed by atoms with Gasteiger partial charge in [0.25, 0.3) is 0 Å². The van der Waals surface area contributed by atoms with Crippen molar-refractivity contribution >= 4 is 11.7 Å². The second-order valence-corrected chi connectivity index (χ2v) is 5.39. The first-order valence-electron chi connectivity index (χ1n) is 6.08. The molecule has 0 aliphatic carbocycles. The summed E-state index contributed by atoms with van der Waals surface area (Å²) in [7, 11) is 0. The SMILES string of the molecule is CC(C)(Cc1ccc2c(c1)CCCN2)C(=O)O. The van der Waals surface area contributed by atoms with Crippen LogP contribution in [0.2, 0.25) is 0 Å². The third-order valence-electron chi connectivity index (χ3n) is 3.33. The maximum absolute atomic E-state index is 11.1. The quantitative estimate of drug-likeness (QED) is 0.844. The van der Waals surface area contributed by atoms with Gasteiger partial charge in [-0.2, -0.15) is 0 Å². The van der Waals surface area contributed by atoms with Gasteiger partial charge >= 0.3 is 5.97 Å². The molecule has 92 valence electrons. The molecule has 0 saturated heterocycles. The summed E-state index contributed by atoms with van der Waals surface area (Å²) in [5.41, 5.74) is 2.93. The number of rotatable bonds is 3. The van der Waals surface area contributed by atoms with Crippen LogP contribution in [0.15, 0.2) is 18.2 Å². The Hall–Kier alpha value is -1.51. The Balaban J connectivity index is 2.20. The minimum atomic E-state index is -0.742. The van der Waals surface area contributed by atoms with Crippen molar-refractivity contribution in [3.63, 3.8) is 0 Å². The minimum Gasteiger partial charge on any atom is -0.481 e. The molecule has 0 saturated carbocycles. The van der Waals surface area contributed by atoms with Gasteiger partial charge in [0, 0.05) is 12.2 Å². The van der Waals surface area contributed by atoms with Gasteiger partial charge < -0.3 is 10.4 Å². The van der Waals surface area contributed by atoms with Crippen molar-refractivity contribution in [2.75, 3.05) is 11.9 Å². The molecular weight excluding hydrogens is 214 g/mol. The molecule has 1 aliphatic heterocycles. The minimum absolute atomic E-state index is 0.579. The number of anilines is 1. The van der Waals surface area contributed by atoms with Crippen LogP contribution in [0.25, 0.3) is 0 Å². The van der Waals surface area contributed by atoms with E-state index in [2.05, 4.69) is 17.4 Å². The van der Waals surface area contributed by atoms with E-state index in [9.17, 15) is 4.79 Å². The van der Waals surface area contributed by atoms with Crippen molar-refractivity contribution < 1.29 is 9.90 Å². The molecule has 1 aromatic carbocycles. The average molecular weight is 233 g/mol. The van der Waals surface area contributed by atoms with E-state index in [4.69, 9.17) is 5.11 Å². The van der Waals surface area contributed by atoms with Crippen LogP contribution in [0.4, 0.5) is 5.69 Å². The molecule has 1 heterocycles. The van der Waals surface area contributed by atoms with E-state index < -0.39 is 11.4 Å². The zero-order chi connectivity index (χ0) is 12.5. The highest BCUT2D eigenvalue weighted by atomic mass is 16.4. The van der Waals surface area contributed by atoms with Crippen molar-refractivity contribution in [2.24, 2.45) is 5.41 Å². The fourth-order valence-corrected chi connectivity index (χ4v) is 2.22. The van der Waals surface area contributed by atoms with E-state index in [0.717, 1.165) is 24.9 Å². The third-order valence-corrected chi connectivity index (χ3v) is 3.33.